The van der Waals surface area contributed by atoms with E-state index in [-0.39, 0.29) is 5.82 Å². The summed E-state index contributed by atoms with van der Waals surface area (Å²) >= 11 is 5.70. The molecule has 0 radical (unpaired) electrons. The van der Waals surface area contributed by atoms with Crippen molar-refractivity contribution in [2.24, 2.45) is 0 Å². The predicted octanol–water partition coefficient (Wildman–Crippen LogP) is 3.76. The molecule has 0 aliphatic rings. The van der Waals surface area contributed by atoms with Crippen LogP contribution in [0.4, 0.5) is 4.39 Å². The number of hydrogen-bond acceptors (Lipinski definition) is 1. The average Bonchev–Trinajstić information content (AvgIpc) is 2.67. The molecule has 92 valence electrons. The van der Waals surface area contributed by atoms with Crippen LogP contribution in [0.25, 0.3) is 11.0 Å². The van der Waals surface area contributed by atoms with Gasteiger partial charge in [-0.1, -0.05) is 13.0 Å². The Morgan fingerprint density at radius 3 is 2.94 bits per heavy atom. The highest BCUT2D eigenvalue weighted by Crippen LogP contribution is 2.20. The molecule has 0 fully saturated rings. The summed E-state index contributed by atoms with van der Waals surface area (Å²) in [5, 5.41) is 0. The summed E-state index contributed by atoms with van der Waals surface area (Å²) < 4.78 is 15.7. The number of imidazole rings is 1. The molecule has 2 aromatic rings. The highest BCUT2D eigenvalue weighted by molar-refractivity contribution is 6.17. The number of aryl methyl sites for hydroxylation is 2. The number of para-hydroxylation sites is 1. The molecule has 4 heteroatoms. The van der Waals surface area contributed by atoms with Crippen LogP contribution in [0.2, 0.25) is 0 Å². The fourth-order valence-electron chi connectivity index (χ4n) is 2.05. The zero-order valence-electron chi connectivity index (χ0n) is 9.92. The molecule has 0 atom stereocenters. The SMILES string of the molecule is CCCn1c(CCCCl)nc2c(F)cccc21. The molecule has 0 spiro atoms. The molecule has 2 rings (SSSR count). The summed E-state index contributed by atoms with van der Waals surface area (Å²) in [5.41, 5.74) is 1.36. The van der Waals surface area contributed by atoms with Crippen LogP contribution in [-0.4, -0.2) is 15.4 Å². The van der Waals surface area contributed by atoms with Crippen LogP contribution >= 0.6 is 11.6 Å². The Labute approximate surface area is 105 Å². The second kappa shape index (κ2) is 5.50. The number of aromatic nitrogens is 2. The van der Waals surface area contributed by atoms with Crippen molar-refractivity contribution in [2.45, 2.75) is 32.7 Å². The first-order chi connectivity index (χ1) is 8.27. The van der Waals surface area contributed by atoms with Gasteiger partial charge >= 0.3 is 0 Å². The lowest BCUT2D eigenvalue weighted by Crippen LogP contribution is -2.03. The Hall–Kier alpha value is -1.09. The maximum atomic E-state index is 13.6. The monoisotopic (exact) mass is 254 g/mol. The van der Waals surface area contributed by atoms with E-state index < -0.39 is 0 Å². The van der Waals surface area contributed by atoms with Gasteiger partial charge in [-0.3, -0.25) is 0 Å². The van der Waals surface area contributed by atoms with E-state index in [0.717, 1.165) is 37.1 Å². The highest BCUT2D eigenvalue weighted by atomic mass is 35.5. The van der Waals surface area contributed by atoms with E-state index in [1.165, 1.54) is 6.07 Å². The molecular weight excluding hydrogens is 239 g/mol. The normalized spacial score (nSPS) is 11.2. The minimum Gasteiger partial charge on any atom is -0.328 e. The Morgan fingerprint density at radius 2 is 2.24 bits per heavy atom. The summed E-state index contributed by atoms with van der Waals surface area (Å²) in [7, 11) is 0. The van der Waals surface area contributed by atoms with Gasteiger partial charge in [0.2, 0.25) is 0 Å². The van der Waals surface area contributed by atoms with Gasteiger partial charge in [-0.25, -0.2) is 9.37 Å². The van der Waals surface area contributed by atoms with Crippen molar-refractivity contribution in [3.63, 3.8) is 0 Å². The number of hydrogen-bond donors (Lipinski definition) is 0. The highest BCUT2D eigenvalue weighted by Gasteiger charge is 2.12. The molecule has 0 unspecified atom stereocenters. The standard InChI is InChI=1S/C13H16ClFN2/c1-2-9-17-11-6-3-5-10(15)13(11)16-12(17)7-4-8-14/h3,5-6H,2,4,7-9H2,1H3. The van der Waals surface area contributed by atoms with Gasteiger partial charge in [0.1, 0.15) is 11.3 Å². The van der Waals surface area contributed by atoms with Crippen molar-refractivity contribution in [3.8, 4) is 0 Å². The van der Waals surface area contributed by atoms with E-state index in [4.69, 9.17) is 11.6 Å². The maximum absolute atomic E-state index is 13.6. The minimum atomic E-state index is -0.246. The Bertz CT molecular complexity index is 507. The van der Waals surface area contributed by atoms with Gasteiger partial charge in [0, 0.05) is 18.8 Å². The molecule has 1 aromatic heterocycles. The molecule has 17 heavy (non-hydrogen) atoms. The van der Waals surface area contributed by atoms with Crippen LogP contribution in [0.5, 0.6) is 0 Å². The summed E-state index contributed by atoms with van der Waals surface area (Å²) in [6.45, 7) is 2.98. The quantitative estimate of drug-likeness (QED) is 0.743. The molecule has 0 N–H and O–H groups in total. The lowest BCUT2D eigenvalue weighted by Gasteiger charge is -2.06. The van der Waals surface area contributed by atoms with E-state index in [2.05, 4.69) is 16.5 Å². The van der Waals surface area contributed by atoms with Crippen LogP contribution in [0.1, 0.15) is 25.6 Å². The van der Waals surface area contributed by atoms with Crippen molar-refractivity contribution in [3.05, 3.63) is 29.8 Å². The lowest BCUT2D eigenvalue weighted by atomic mass is 10.3. The Kier molecular flexibility index (Phi) is 4.00. The number of alkyl halides is 1. The molecule has 0 aliphatic carbocycles. The van der Waals surface area contributed by atoms with Crippen LogP contribution in [0.15, 0.2) is 18.2 Å². The molecular formula is C13H16ClFN2. The van der Waals surface area contributed by atoms with Crippen LogP contribution in [-0.2, 0) is 13.0 Å². The molecule has 0 aliphatic heterocycles. The van der Waals surface area contributed by atoms with Gasteiger partial charge in [-0.2, -0.15) is 0 Å². The third-order valence-electron chi connectivity index (χ3n) is 2.79. The Morgan fingerprint density at radius 1 is 1.41 bits per heavy atom. The van der Waals surface area contributed by atoms with E-state index in [1.54, 1.807) is 6.07 Å². The molecule has 0 amide bonds. The van der Waals surface area contributed by atoms with Crippen molar-refractivity contribution >= 4 is 22.6 Å². The summed E-state index contributed by atoms with van der Waals surface area (Å²) in [5.74, 6) is 1.30. The number of halogens is 2. The fraction of sp³-hybridized carbons (Fsp3) is 0.462. The molecule has 1 aromatic carbocycles. The topological polar surface area (TPSA) is 17.8 Å². The number of rotatable bonds is 5. The van der Waals surface area contributed by atoms with Gasteiger partial charge in [-0.15, -0.1) is 11.6 Å². The second-order valence-corrected chi connectivity index (χ2v) is 4.46. The molecule has 0 saturated carbocycles. The Balaban J connectivity index is 2.49. The summed E-state index contributed by atoms with van der Waals surface area (Å²) in [4.78, 5) is 4.40. The van der Waals surface area contributed by atoms with Crippen molar-refractivity contribution in [1.29, 1.82) is 0 Å². The zero-order chi connectivity index (χ0) is 12.3. The molecule has 0 saturated heterocycles. The van der Waals surface area contributed by atoms with Crippen molar-refractivity contribution < 1.29 is 4.39 Å². The van der Waals surface area contributed by atoms with E-state index in [9.17, 15) is 4.39 Å². The van der Waals surface area contributed by atoms with Crippen LogP contribution in [0.3, 0.4) is 0 Å². The van der Waals surface area contributed by atoms with Gasteiger partial charge in [-0.05, 0) is 25.0 Å². The van der Waals surface area contributed by atoms with Gasteiger partial charge in [0.15, 0.2) is 5.82 Å². The smallest absolute Gasteiger partial charge is 0.151 e. The lowest BCUT2D eigenvalue weighted by molar-refractivity contribution is 0.637. The predicted molar refractivity (Wildman–Crippen MR) is 69.0 cm³/mol. The number of nitrogens with zero attached hydrogens (tertiary/aromatic N) is 2. The number of benzene rings is 1. The van der Waals surface area contributed by atoms with Crippen LogP contribution in [0, 0.1) is 5.82 Å². The third kappa shape index (κ3) is 2.44. The first-order valence-electron chi connectivity index (χ1n) is 5.97. The molecule has 0 bridgehead atoms. The summed E-state index contributed by atoms with van der Waals surface area (Å²) in [6.07, 6.45) is 2.68. The first-order valence-corrected chi connectivity index (χ1v) is 6.51. The van der Waals surface area contributed by atoms with E-state index in [0.29, 0.717) is 11.4 Å². The minimum absolute atomic E-state index is 0.246. The maximum Gasteiger partial charge on any atom is 0.151 e. The average molecular weight is 255 g/mol. The molecule has 2 nitrogen and oxygen atoms in total. The summed E-state index contributed by atoms with van der Waals surface area (Å²) in [6, 6.07) is 5.11. The second-order valence-electron chi connectivity index (χ2n) is 4.08. The van der Waals surface area contributed by atoms with Crippen molar-refractivity contribution in [2.75, 3.05) is 5.88 Å². The zero-order valence-corrected chi connectivity index (χ0v) is 10.7. The number of fused-ring (bicyclic) bond motifs is 1. The molecule has 1 heterocycles. The first kappa shape index (κ1) is 12.4. The largest absolute Gasteiger partial charge is 0.328 e. The van der Waals surface area contributed by atoms with Gasteiger partial charge < -0.3 is 4.57 Å². The van der Waals surface area contributed by atoms with E-state index in [1.807, 2.05) is 6.07 Å². The fourth-order valence-corrected chi connectivity index (χ4v) is 2.18. The van der Waals surface area contributed by atoms with Gasteiger partial charge in [0.25, 0.3) is 0 Å². The van der Waals surface area contributed by atoms with Crippen LogP contribution < -0.4 is 0 Å². The van der Waals surface area contributed by atoms with Crippen molar-refractivity contribution in [1.82, 2.24) is 9.55 Å². The van der Waals surface area contributed by atoms with Gasteiger partial charge in [0.05, 0.1) is 5.52 Å². The van der Waals surface area contributed by atoms with E-state index >= 15 is 0 Å². The third-order valence-corrected chi connectivity index (χ3v) is 3.06.